The van der Waals surface area contributed by atoms with Crippen molar-refractivity contribution in [2.24, 2.45) is 0 Å². The number of nitrogens with one attached hydrogen (secondary N) is 2. The first-order valence-electron chi connectivity index (χ1n) is 5.22. The average Bonchev–Trinajstić information content (AvgIpc) is 2.96. The number of aromatic carboxylic acids is 1. The van der Waals surface area contributed by atoms with E-state index in [9.17, 15) is 4.79 Å². The van der Waals surface area contributed by atoms with E-state index in [1.807, 2.05) is 12.1 Å². The molecule has 0 aliphatic rings. The number of imidazole rings is 1. The molecule has 18 heavy (non-hydrogen) atoms. The zero-order valence-electron chi connectivity index (χ0n) is 9.16. The van der Waals surface area contributed by atoms with Gasteiger partial charge in [0.15, 0.2) is 17.2 Å². The standard InChI is InChI=1S/C11H9N5O2/c17-11(18)7-6-16-10(13-7)4-3-9(15-16)14-8-2-1-5-12-8/h1-6,12H,(H,14,15)(H,17,18). The molecule has 0 aliphatic heterocycles. The second-order valence-corrected chi connectivity index (χ2v) is 3.66. The van der Waals surface area contributed by atoms with Gasteiger partial charge >= 0.3 is 5.97 Å². The fourth-order valence-corrected chi connectivity index (χ4v) is 1.60. The van der Waals surface area contributed by atoms with Gasteiger partial charge in [-0.1, -0.05) is 0 Å². The molecule has 3 rings (SSSR count). The Labute approximate surface area is 101 Å². The van der Waals surface area contributed by atoms with Crippen LogP contribution < -0.4 is 5.32 Å². The van der Waals surface area contributed by atoms with E-state index in [0.29, 0.717) is 11.5 Å². The summed E-state index contributed by atoms with van der Waals surface area (Å²) in [7, 11) is 0. The smallest absolute Gasteiger partial charge is 0.356 e. The number of rotatable bonds is 3. The lowest BCUT2D eigenvalue weighted by Gasteiger charge is -2.02. The highest BCUT2D eigenvalue weighted by atomic mass is 16.4. The van der Waals surface area contributed by atoms with Crippen molar-refractivity contribution >= 4 is 23.3 Å². The number of aromatic nitrogens is 4. The third kappa shape index (κ3) is 1.77. The minimum atomic E-state index is -1.07. The van der Waals surface area contributed by atoms with Crippen LogP contribution in [0, 0.1) is 0 Å². The Morgan fingerprint density at radius 3 is 3.00 bits per heavy atom. The lowest BCUT2D eigenvalue weighted by molar-refractivity contribution is 0.0691. The van der Waals surface area contributed by atoms with E-state index in [1.54, 1.807) is 18.3 Å². The van der Waals surface area contributed by atoms with Crippen molar-refractivity contribution in [3.05, 3.63) is 42.4 Å². The summed E-state index contributed by atoms with van der Waals surface area (Å²) in [6.45, 7) is 0. The summed E-state index contributed by atoms with van der Waals surface area (Å²) in [4.78, 5) is 17.7. The van der Waals surface area contributed by atoms with Crippen LogP contribution in [-0.2, 0) is 0 Å². The summed E-state index contributed by atoms with van der Waals surface area (Å²) in [5, 5.41) is 16.1. The van der Waals surface area contributed by atoms with E-state index in [4.69, 9.17) is 5.11 Å². The van der Waals surface area contributed by atoms with Gasteiger partial charge in [-0.05, 0) is 24.3 Å². The summed E-state index contributed by atoms with van der Waals surface area (Å²) in [6, 6.07) is 7.16. The Morgan fingerprint density at radius 2 is 2.28 bits per heavy atom. The number of hydrogen-bond acceptors (Lipinski definition) is 4. The topological polar surface area (TPSA) is 95.3 Å². The van der Waals surface area contributed by atoms with Crippen LogP contribution in [0.25, 0.3) is 5.65 Å². The highest BCUT2D eigenvalue weighted by Gasteiger charge is 2.09. The molecule has 0 bridgehead atoms. The Hall–Kier alpha value is -2.83. The van der Waals surface area contributed by atoms with Crippen molar-refractivity contribution in [3.8, 4) is 0 Å². The number of hydrogen-bond donors (Lipinski definition) is 3. The molecule has 0 radical (unpaired) electrons. The van der Waals surface area contributed by atoms with Crippen molar-refractivity contribution in [3.63, 3.8) is 0 Å². The van der Waals surface area contributed by atoms with Gasteiger partial charge in [-0.15, -0.1) is 5.10 Å². The van der Waals surface area contributed by atoms with Crippen molar-refractivity contribution in [1.82, 2.24) is 19.6 Å². The minimum Gasteiger partial charge on any atom is -0.476 e. The van der Waals surface area contributed by atoms with Gasteiger partial charge in [-0.25, -0.2) is 14.3 Å². The predicted octanol–water partition coefficient (Wildman–Crippen LogP) is 1.50. The maximum absolute atomic E-state index is 10.8. The zero-order valence-corrected chi connectivity index (χ0v) is 9.16. The lowest BCUT2D eigenvalue weighted by atomic mass is 10.5. The van der Waals surface area contributed by atoms with Crippen LogP contribution in [0.5, 0.6) is 0 Å². The number of carbonyl (C=O) groups is 1. The fraction of sp³-hybridized carbons (Fsp3) is 0. The number of fused-ring (bicyclic) bond motifs is 1. The van der Waals surface area contributed by atoms with Gasteiger partial charge in [-0.3, -0.25) is 0 Å². The Bertz CT molecular complexity index is 701. The molecule has 0 saturated heterocycles. The Morgan fingerprint density at radius 1 is 1.39 bits per heavy atom. The molecule has 3 aromatic heterocycles. The molecule has 0 fully saturated rings. The van der Waals surface area contributed by atoms with Crippen molar-refractivity contribution in [2.45, 2.75) is 0 Å². The van der Waals surface area contributed by atoms with Crippen LogP contribution in [0.3, 0.4) is 0 Å². The monoisotopic (exact) mass is 243 g/mol. The molecule has 0 saturated carbocycles. The average molecular weight is 243 g/mol. The third-order valence-corrected chi connectivity index (χ3v) is 2.40. The first kappa shape index (κ1) is 10.3. The van der Waals surface area contributed by atoms with Crippen LogP contribution >= 0.6 is 0 Å². The van der Waals surface area contributed by atoms with Crippen LogP contribution in [-0.4, -0.2) is 30.7 Å². The Kier molecular flexibility index (Phi) is 2.23. The summed E-state index contributed by atoms with van der Waals surface area (Å²) in [5.74, 6) is 0.332. The van der Waals surface area contributed by atoms with Crippen molar-refractivity contribution in [2.75, 3.05) is 5.32 Å². The molecular weight excluding hydrogens is 234 g/mol. The van der Waals surface area contributed by atoms with Gasteiger partial charge in [0.2, 0.25) is 0 Å². The maximum Gasteiger partial charge on any atom is 0.356 e. The second kappa shape index (κ2) is 3.88. The van der Waals surface area contributed by atoms with Gasteiger partial charge in [0, 0.05) is 6.20 Å². The normalized spacial score (nSPS) is 10.7. The van der Waals surface area contributed by atoms with Gasteiger partial charge in [0.05, 0.1) is 6.20 Å². The highest BCUT2D eigenvalue weighted by molar-refractivity contribution is 5.86. The SMILES string of the molecule is O=C(O)c1cn2nc(Nc3ccc[nH]3)ccc2n1. The zero-order chi connectivity index (χ0) is 12.5. The molecule has 90 valence electrons. The first-order valence-corrected chi connectivity index (χ1v) is 5.22. The summed E-state index contributed by atoms with van der Waals surface area (Å²) in [6.07, 6.45) is 3.16. The van der Waals surface area contributed by atoms with Gasteiger partial charge < -0.3 is 15.4 Å². The molecule has 3 heterocycles. The number of H-pyrrole nitrogens is 1. The Balaban J connectivity index is 1.97. The van der Waals surface area contributed by atoms with Crippen LogP contribution in [0.2, 0.25) is 0 Å². The van der Waals surface area contributed by atoms with Crippen LogP contribution in [0.4, 0.5) is 11.6 Å². The van der Waals surface area contributed by atoms with Crippen molar-refractivity contribution in [1.29, 1.82) is 0 Å². The van der Waals surface area contributed by atoms with E-state index in [0.717, 1.165) is 5.82 Å². The maximum atomic E-state index is 10.8. The molecule has 7 heteroatoms. The van der Waals surface area contributed by atoms with E-state index < -0.39 is 5.97 Å². The molecule has 3 aromatic rings. The molecular formula is C11H9N5O2. The molecule has 0 aliphatic carbocycles. The second-order valence-electron chi connectivity index (χ2n) is 3.66. The minimum absolute atomic E-state index is 0.0282. The first-order chi connectivity index (χ1) is 8.72. The highest BCUT2D eigenvalue weighted by Crippen LogP contribution is 2.13. The predicted molar refractivity (Wildman–Crippen MR) is 64.0 cm³/mol. The third-order valence-electron chi connectivity index (χ3n) is 2.40. The van der Waals surface area contributed by atoms with E-state index in [1.165, 1.54) is 10.7 Å². The molecule has 0 aromatic carbocycles. The fourth-order valence-electron chi connectivity index (χ4n) is 1.60. The molecule has 3 N–H and O–H groups in total. The lowest BCUT2D eigenvalue weighted by Crippen LogP contribution is -1.98. The molecule has 0 amide bonds. The number of carboxylic acids is 1. The number of carboxylic acid groups (broad SMARTS) is 1. The molecule has 0 unspecified atom stereocenters. The van der Waals surface area contributed by atoms with E-state index >= 15 is 0 Å². The van der Waals surface area contributed by atoms with Crippen LogP contribution in [0.1, 0.15) is 10.5 Å². The summed E-state index contributed by atoms with van der Waals surface area (Å²) >= 11 is 0. The van der Waals surface area contributed by atoms with E-state index in [2.05, 4.69) is 20.4 Å². The van der Waals surface area contributed by atoms with E-state index in [-0.39, 0.29) is 5.69 Å². The number of anilines is 2. The number of aromatic amines is 1. The molecule has 0 spiro atoms. The largest absolute Gasteiger partial charge is 0.476 e. The van der Waals surface area contributed by atoms with Crippen LogP contribution in [0.15, 0.2) is 36.7 Å². The van der Waals surface area contributed by atoms with Gasteiger partial charge in [0.25, 0.3) is 0 Å². The summed E-state index contributed by atoms with van der Waals surface area (Å²) in [5.41, 5.74) is 0.462. The quantitative estimate of drug-likeness (QED) is 0.647. The van der Waals surface area contributed by atoms with Gasteiger partial charge in [-0.2, -0.15) is 0 Å². The number of nitrogens with zero attached hydrogens (tertiary/aromatic N) is 3. The molecule has 7 nitrogen and oxygen atoms in total. The van der Waals surface area contributed by atoms with Gasteiger partial charge in [0.1, 0.15) is 5.82 Å². The van der Waals surface area contributed by atoms with Crippen molar-refractivity contribution < 1.29 is 9.90 Å². The summed E-state index contributed by atoms with van der Waals surface area (Å²) < 4.78 is 1.43. The molecule has 0 atom stereocenters.